The second-order valence-corrected chi connectivity index (χ2v) is 8.00. The van der Waals surface area contributed by atoms with E-state index < -0.39 is 0 Å². The van der Waals surface area contributed by atoms with Crippen molar-refractivity contribution in [3.63, 3.8) is 0 Å². The Bertz CT molecular complexity index is 1390. The molecule has 3 heterocycles. The number of benzene rings is 2. The highest BCUT2D eigenvalue weighted by atomic mass is 16.2. The van der Waals surface area contributed by atoms with Crippen LogP contribution >= 0.6 is 0 Å². The zero-order chi connectivity index (χ0) is 22.2. The van der Waals surface area contributed by atoms with Gasteiger partial charge in [-0.05, 0) is 43.8 Å². The Kier molecular flexibility index (Phi) is 5.03. The van der Waals surface area contributed by atoms with Crippen molar-refractivity contribution in [2.45, 2.75) is 19.9 Å². The highest BCUT2D eigenvalue weighted by Gasteiger charge is 2.35. The van der Waals surface area contributed by atoms with E-state index >= 15 is 0 Å². The molecule has 0 bridgehead atoms. The number of amides is 2. The summed E-state index contributed by atoms with van der Waals surface area (Å²) in [5.74, 6) is -0.767. The number of fused-ring (bicyclic) bond motifs is 2. The van der Waals surface area contributed by atoms with Gasteiger partial charge in [-0.25, -0.2) is 0 Å². The Labute approximate surface area is 185 Å². The van der Waals surface area contributed by atoms with Gasteiger partial charge in [-0.2, -0.15) is 0 Å². The summed E-state index contributed by atoms with van der Waals surface area (Å²) in [4.78, 5) is 29.1. The van der Waals surface area contributed by atoms with Crippen LogP contribution in [-0.2, 0) is 16.1 Å². The first kappa shape index (κ1) is 20.1. The molecule has 0 aliphatic carbocycles. The number of imide groups is 1. The molecule has 7 heteroatoms. The molecule has 7 nitrogen and oxygen atoms in total. The number of carbonyl (C=O) groups excluding carboxylic acids is 2. The topological polar surface area (TPSA) is 105 Å². The van der Waals surface area contributed by atoms with Gasteiger partial charge in [-0.1, -0.05) is 25.1 Å². The monoisotopic (exact) mass is 427 g/mol. The van der Waals surface area contributed by atoms with E-state index in [4.69, 9.17) is 5.73 Å². The lowest BCUT2D eigenvalue weighted by Gasteiger charge is -2.05. The van der Waals surface area contributed by atoms with E-state index in [1.165, 1.54) is 0 Å². The number of nitrogens with two attached hydrogens (primary N) is 1. The molecule has 162 valence electrons. The molecule has 4 aromatic rings. The minimum absolute atomic E-state index is 0.383. The van der Waals surface area contributed by atoms with Crippen molar-refractivity contribution in [1.82, 2.24) is 20.2 Å². The quantitative estimate of drug-likeness (QED) is 0.206. The second kappa shape index (κ2) is 8.01. The molecule has 0 atom stereocenters. The van der Waals surface area contributed by atoms with Gasteiger partial charge in [0.15, 0.2) is 0 Å². The molecule has 0 saturated heterocycles. The van der Waals surface area contributed by atoms with Crippen molar-refractivity contribution in [2.24, 2.45) is 0 Å². The number of aryl methyl sites for hydroxylation is 1. The summed E-state index contributed by atoms with van der Waals surface area (Å²) >= 11 is 0. The van der Waals surface area contributed by atoms with Crippen molar-refractivity contribution >= 4 is 50.5 Å². The SMILES string of the molecule is CCNCCCn1cc(C2=C(c3c[nH]c4ccccc34)C(=O)NC2=O)c2cc(N)ccc21. The third-order valence-electron chi connectivity index (χ3n) is 5.97. The number of carbonyl (C=O) groups is 2. The van der Waals surface area contributed by atoms with Gasteiger partial charge in [0.05, 0.1) is 11.1 Å². The van der Waals surface area contributed by atoms with E-state index in [-0.39, 0.29) is 11.8 Å². The lowest BCUT2D eigenvalue weighted by molar-refractivity contribution is -0.122. The maximum atomic E-state index is 13.0. The molecule has 0 radical (unpaired) electrons. The lowest BCUT2D eigenvalue weighted by Crippen LogP contribution is -2.22. The van der Waals surface area contributed by atoms with Gasteiger partial charge >= 0.3 is 0 Å². The minimum Gasteiger partial charge on any atom is -0.399 e. The van der Waals surface area contributed by atoms with Crippen LogP contribution < -0.4 is 16.4 Å². The summed E-state index contributed by atoms with van der Waals surface area (Å²) < 4.78 is 2.14. The van der Waals surface area contributed by atoms with E-state index in [9.17, 15) is 9.59 Å². The summed E-state index contributed by atoms with van der Waals surface area (Å²) in [7, 11) is 0. The Balaban J connectivity index is 1.71. The van der Waals surface area contributed by atoms with Crippen molar-refractivity contribution in [3.8, 4) is 0 Å². The predicted molar refractivity (Wildman–Crippen MR) is 128 cm³/mol. The van der Waals surface area contributed by atoms with Crippen LogP contribution in [0.2, 0.25) is 0 Å². The van der Waals surface area contributed by atoms with Crippen molar-refractivity contribution in [1.29, 1.82) is 0 Å². The number of nitrogen functional groups attached to an aromatic ring is 1. The normalized spacial score (nSPS) is 14.2. The first-order valence-corrected chi connectivity index (χ1v) is 10.8. The number of rotatable bonds is 7. The molecule has 0 spiro atoms. The minimum atomic E-state index is -0.385. The average molecular weight is 428 g/mol. The average Bonchev–Trinajstić information content (AvgIpc) is 3.44. The fourth-order valence-corrected chi connectivity index (χ4v) is 4.50. The number of aromatic amines is 1. The number of aromatic nitrogens is 2. The van der Waals surface area contributed by atoms with Gasteiger partial charge in [-0.3, -0.25) is 14.9 Å². The van der Waals surface area contributed by atoms with Crippen molar-refractivity contribution in [2.75, 3.05) is 18.8 Å². The third kappa shape index (κ3) is 3.27. The number of hydrogen-bond acceptors (Lipinski definition) is 4. The first-order chi connectivity index (χ1) is 15.6. The Morgan fingerprint density at radius 1 is 1.00 bits per heavy atom. The van der Waals surface area contributed by atoms with Crippen LogP contribution in [0.1, 0.15) is 24.5 Å². The van der Waals surface area contributed by atoms with E-state index in [0.717, 1.165) is 59.0 Å². The lowest BCUT2D eigenvalue weighted by atomic mass is 9.95. The standard InChI is InChI=1S/C25H25N5O2/c1-2-27-10-5-11-30-14-19(17-12-15(26)8-9-21(17)30)23-22(24(31)29-25(23)32)18-13-28-20-7-4-3-6-16(18)20/h3-4,6-9,12-14,27-28H,2,5,10-11,26H2,1H3,(H,29,31,32). The van der Waals surface area contributed by atoms with Crippen LogP contribution in [0.15, 0.2) is 54.9 Å². The number of H-pyrrole nitrogens is 1. The molecule has 0 saturated carbocycles. The fourth-order valence-electron chi connectivity index (χ4n) is 4.50. The maximum absolute atomic E-state index is 13.0. The van der Waals surface area contributed by atoms with Gasteiger partial charge in [0.1, 0.15) is 0 Å². The molecule has 1 aliphatic rings. The van der Waals surface area contributed by atoms with Crippen LogP contribution in [0, 0.1) is 0 Å². The molecular weight excluding hydrogens is 402 g/mol. The molecule has 1 aliphatic heterocycles. The van der Waals surface area contributed by atoms with Crippen LogP contribution in [0.25, 0.3) is 33.0 Å². The Morgan fingerprint density at radius 2 is 1.78 bits per heavy atom. The summed E-state index contributed by atoms with van der Waals surface area (Å²) in [6.45, 7) is 4.71. The zero-order valence-electron chi connectivity index (χ0n) is 17.9. The van der Waals surface area contributed by atoms with Gasteiger partial charge in [0, 0.05) is 57.6 Å². The highest BCUT2D eigenvalue weighted by Crippen LogP contribution is 2.38. The largest absolute Gasteiger partial charge is 0.399 e. The number of anilines is 1. The molecule has 5 N–H and O–H groups in total. The highest BCUT2D eigenvalue weighted by molar-refractivity contribution is 6.50. The number of nitrogens with one attached hydrogen (secondary N) is 3. The van der Waals surface area contributed by atoms with Gasteiger partial charge in [-0.15, -0.1) is 0 Å². The summed E-state index contributed by atoms with van der Waals surface area (Å²) in [5.41, 5.74) is 10.8. The zero-order valence-corrected chi connectivity index (χ0v) is 17.9. The van der Waals surface area contributed by atoms with Gasteiger partial charge in [0.25, 0.3) is 11.8 Å². The van der Waals surface area contributed by atoms with Gasteiger partial charge in [0.2, 0.25) is 0 Å². The first-order valence-electron chi connectivity index (χ1n) is 10.8. The van der Waals surface area contributed by atoms with Crippen molar-refractivity contribution < 1.29 is 9.59 Å². The van der Waals surface area contributed by atoms with E-state index in [1.807, 2.05) is 48.7 Å². The number of para-hydroxylation sites is 1. The molecule has 2 aromatic carbocycles. The van der Waals surface area contributed by atoms with Crippen LogP contribution in [-0.4, -0.2) is 34.5 Å². The molecule has 2 amide bonds. The molecule has 0 fully saturated rings. The van der Waals surface area contributed by atoms with E-state index in [1.54, 1.807) is 6.20 Å². The smallest absolute Gasteiger partial charge is 0.259 e. The van der Waals surface area contributed by atoms with Crippen LogP contribution in [0.5, 0.6) is 0 Å². The molecule has 2 aromatic heterocycles. The van der Waals surface area contributed by atoms with E-state index in [0.29, 0.717) is 16.8 Å². The predicted octanol–water partition coefficient (Wildman–Crippen LogP) is 3.27. The molecular formula is C25H25N5O2. The second-order valence-electron chi connectivity index (χ2n) is 8.00. The summed E-state index contributed by atoms with van der Waals surface area (Å²) in [6, 6.07) is 13.5. The molecule has 5 rings (SSSR count). The fraction of sp³-hybridized carbons (Fsp3) is 0.200. The van der Waals surface area contributed by atoms with Crippen molar-refractivity contribution in [3.05, 3.63) is 66.0 Å². The summed E-state index contributed by atoms with van der Waals surface area (Å²) in [6.07, 6.45) is 4.71. The Morgan fingerprint density at radius 3 is 2.59 bits per heavy atom. The maximum Gasteiger partial charge on any atom is 0.259 e. The molecule has 32 heavy (non-hydrogen) atoms. The number of hydrogen-bond donors (Lipinski definition) is 4. The van der Waals surface area contributed by atoms with Gasteiger partial charge < -0.3 is 20.6 Å². The molecule has 0 unspecified atom stereocenters. The third-order valence-corrected chi connectivity index (χ3v) is 5.97. The van der Waals surface area contributed by atoms with E-state index in [2.05, 4.69) is 27.1 Å². The van der Waals surface area contributed by atoms with Crippen LogP contribution in [0.3, 0.4) is 0 Å². The number of nitrogens with zero attached hydrogens (tertiary/aromatic N) is 1. The summed E-state index contributed by atoms with van der Waals surface area (Å²) in [5, 5.41) is 7.61. The Hall–Kier alpha value is -3.84. The van der Waals surface area contributed by atoms with Crippen LogP contribution in [0.4, 0.5) is 5.69 Å².